The van der Waals surface area contributed by atoms with Gasteiger partial charge in [0, 0.05) is 11.8 Å². The standard InChI is InChI=1S/C16H22F3N3O4S/c1-2-27-16-15(25)13(14(24)11(6-23)26-16)22(21)5-10(20)7-3-8(17)12(19)9(18)4-7/h3-5,11,13-16,23-25H,2,6,20-21H2,1H3/b10-5-. The number of ether oxygens (including phenoxy) is 1. The van der Waals surface area contributed by atoms with Crippen molar-refractivity contribution in [3.8, 4) is 0 Å². The van der Waals surface area contributed by atoms with Gasteiger partial charge in [0.2, 0.25) is 0 Å². The summed E-state index contributed by atoms with van der Waals surface area (Å²) in [5, 5.41) is 31.1. The van der Waals surface area contributed by atoms with E-state index in [9.17, 15) is 28.5 Å². The summed E-state index contributed by atoms with van der Waals surface area (Å²) in [5.41, 5.74) is 4.62. The molecule has 1 aromatic carbocycles. The maximum atomic E-state index is 13.4. The van der Waals surface area contributed by atoms with Crippen molar-refractivity contribution in [1.29, 1.82) is 0 Å². The predicted molar refractivity (Wildman–Crippen MR) is 94.2 cm³/mol. The van der Waals surface area contributed by atoms with E-state index < -0.39 is 53.8 Å². The second-order valence-electron chi connectivity index (χ2n) is 5.94. The molecule has 0 aromatic heterocycles. The fraction of sp³-hybridized carbons (Fsp3) is 0.500. The molecule has 0 bridgehead atoms. The van der Waals surface area contributed by atoms with Crippen LogP contribution in [0, 0.1) is 17.5 Å². The van der Waals surface area contributed by atoms with Crippen LogP contribution in [0.1, 0.15) is 12.5 Å². The molecule has 0 spiro atoms. The van der Waals surface area contributed by atoms with Gasteiger partial charge in [0.1, 0.15) is 29.8 Å². The van der Waals surface area contributed by atoms with Crippen LogP contribution in [0.3, 0.4) is 0 Å². The Balaban J connectivity index is 2.30. The lowest BCUT2D eigenvalue weighted by Gasteiger charge is -2.45. The predicted octanol–water partition coefficient (Wildman–Crippen LogP) is 0.0974. The number of nitrogens with two attached hydrogens (primary N) is 2. The van der Waals surface area contributed by atoms with E-state index in [4.69, 9.17) is 16.3 Å². The number of halogens is 3. The Kier molecular flexibility index (Phi) is 7.37. The zero-order chi connectivity index (χ0) is 20.3. The van der Waals surface area contributed by atoms with E-state index in [2.05, 4.69) is 0 Å². The number of benzene rings is 1. The lowest BCUT2D eigenvalue weighted by atomic mass is 9.96. The van der Waals surface area contributed by atoms with E-state index >= 15 is 0 Å². The van der Waals surface area contributed by atoms with Gasteiger partial charge in [-0.15, -0.1) is 11.8 Å². The van der Waals surface area contributed by atoms with Gasteiger partial charge in [0.15, 0.2) is 17.5 Å². The number of thioether (sulfide) groups is 1. The first-order valence-electron chi connectivity index (χ1n) is 8.10. The summed E-state index contributed by atoms with van der Waals surface area (Å²) in [5.74, 6) is 2.03. The van der Waals surface area contributed by atoms with Crippen molar-refractivity contribution >= 4 is 17.5 Å². The zero-order valence-corrected chi connectivity index (χ0v) is 15.2. The van der Waals surface area contributed by atoms with Gasteiger partial charge in [-0.25, -0.2) is 19.0 Å². The third-order valence-corrected chi connectivity index (χ3v) is 5.18. The van der Waals surface area contributed by atoms with E-state index in [1.165, 1.54) is 11.8 Å². The van der Waals surface area contributed by atoms with Crippen molar-refractivity contribution in [1.82, 2.24) is 5.01 Å². The summed E-state index contributed by atoms with van der Waals surface area (Å²) in [6.07, 6.45) is -2.56. The molecule has 0 saturated carbocycles. The highest BCUT2D eigenvalue weighted by atomic mass is 32.2. The Morgan fingerprint density at radius 1 is 1.26 bits per heavy atom. The molecule has 2 rings (SSSR count). The Labute approximate surface area is 158 Å². The number of hydrazine groups is 1. The summed E-state index contributed by atoms with van der Waals surface area (Å²) in [6, 6.07) is 0.274. The molecule has 1 heterocycles. The van der Waals surface area contributed by atoms with E-state index in [0.29, 0.717) is 17.9 Å². The summed E-state index contributed by atoms with van der Waals surface area (Å²) in [4.78, 5) is 0. The summed E-state index contributed by atoms with van der Waals surface area (Å²) >= 11 is 1.25. The summed E-state index contributed by atoms with van der Waals surface area (Å²) < 4.78 is 45.3. The molecule has 7 N–H and O–H groups in total. The quantitative estimate of drug-likeness (QED) is 0.255. The van der Waals surface area contributed by atoms with Crippen LogP contribution < -0.4 is 11.6 Å². The number of aliphatic hydroxyl groups is 3. The van der Waals surface area contributed by atoms with Crippen molar-refractivity contribution in [2.45, 2.75) is 36.7 Å². The molecule has 1 aromatic rings. The topological polar surface area (TPSA) is 125 Å². The summed E-state index contributed by atoms with van der Waals surface area (Å²) in [7, 11) is 0. The Hall–Kier alpha value is -1.50. The number of hydrogen-bond donors (Lipinski definition) is 5. The van der Waals surface area contributed by atoms with Crippen LogP contribution in [-0.2, 0) is 4.74 Å². The van der Waals surface area contributed by atoms with Crippen molar-refractivity contribution < 1.29 is 33.2 Å². The molecule has 7 nitrogen and oxygen atoms in total. The number of nitrogens with zero attached hydrogens (tertiary/aromatic N) is 1. The van der Waals surface area contributed by atoms with Crippen molar-refractivity contribution in [2.75, 3.05) is 12.4 Å². The first-order chi connectivity index (χ1) is 12.7. The Morgan fingerprint density at radius 3 is 2.37 bits per heavy atom. The lowest BCUT2D eigenvalue weighted by molar-refractivity contribution is -0.184. The normalized spacial score (nSPS) is 29.0. The molecule has 1 saturated heterocycles. The molecule has 5 atom stereocenters. The number of hydrogen-bond acceptors (Lipinski definition) is 8. The number of rotatable bonds is 6. The van der Waals surface area contributed by atoms with Gasteiger partial charge < -0.3 is 30.8 Å². The van der Waals surface area contributed by atoms with E-state index in [-0.39, 0.29) is 11.3 Å². The van der Waals surface area contributed by atoms with E-state index in [1.54, 1.807) is 0 Å². The van der Waals surface area contributed by atoms with Gasteiger partial charge in [-0.1, -0.05) is 6.92 Å². The minimum atomic E-state index is -1.63. The highest BCUT2D eigenvalue weighted by Crippen LogP contribution is 2.30. The average molecular weight is 409 g/mol. The van der Waals surface area contributed by atoms with Crippen molar-refractivity contribution in [2.24, 2.45) is 11.6 Å². The van der Waals surface area contributed by atoms with Crippen LogP contribution in [0.4, 0.5) is 13.2 Å². The minimum Gasteiger partial charge on any atom is -0.397 e. The molecule has 0 radical (unpaired) electrons. The van der Waals surface area contributed by atoms with E-state index in [1.807, 2.05) is 6.92 Å². The fourth-order valence-corrected chi connectivity index (χ4v) is 3.67. The van der Waals surface area contributed by atoms with Crippen LogP contribution in [0.15, 0.2) is 18.3 Å². The molecule has 1 aliphatic heterocycles. The van der Waals surface area contributed by atoms with Crippen LogP contribution in [0.25, 0.3) is 5.70 Å². The molecule has 1 aliphatic rings. The first kappa shape index (κ1) is 21.8. The molecule has 11 heteroatoms. The highest BCUT2D eigenvalue weighted by Gasteiger charge is 2.46. The van der Waals surface area contributed by atoms with Crippen LogP contribution in [0.5, 0.6) is 0 Å². The third-order valence-electron chi connectivity index (χ3n) is 4.13. The van der Waals surface area contributed by atoms with Gasteiger partial charge >= 0.3 is 0 Å². The van der Waals surface area contributed by atoms with Crippen molar-refractivity contribution in [3.05, 3.63) is 41.3 Å². The molecular weight excluding hydrogens is 387 g/mol. The Bertz CT molecular complexity index is 674. The largest absolute Gasteiger partial charge is 0.397 e. The average Bonchev–Trinajstić information content (AvgIpc) is 2.61. The van der Waals surface area contributed by atoms with Crippen molar-refractivity contribution in [3.63, 3.8) is 0 Å². The van der Waals surface area contributed by atoms with Gasteiger partial charge in [-0.2, -0.15) is 0 Å². The monoisotopic (exact) mass is 409 g/mol. The van der Waals surface area contributed by atoms with Gasteiger partial charge in [0.05, 0.1) is 12.3 Å². The molecule has 27 heavy (non-hydrogen) atoms. The Morgan fingerprint density at radius 2 is 1.85 bits per heavy atom. The third kappa shape index (κ3) is 4.68. The first-order valence-corrected chi connectivity index (χ1v) is 9.15. The lowest BCUT2D eigenvalue weighted by Crippen LogP contribution is -2.64. The second kappa shape index (κ2) is 9.13. The highest BCUT2D eigenvalue weighted by molar-refractivity contribution is 7.99. The smallest absolute Gasteiger partial charge is 0.194 e. The summed E-state index contributed by atoms with van der Waals surface area (Å²) in [6.45, 7) is 1.33. The van der Waals surface area contributed by atoms with E-state index in [0.717, 1.165) is 11.2 Å². The van der Waals surface area contributed by atoms with Crippen LogP contribution in [0.2, 0.25) is 0 Å². The molecule has 152 valence electrons. The fourth-order valence-electron chi connectivity index (χ4n) is 2.77. The molecule has 0 aliphatic carbocycles. The molecule has 5 unspecified atom stereocenters. The zero-order valence-electron chi connectivity index (χ0n) is 14.4. The number of aliphatic hydroxyl groups excluding tert-OH is 3. The molecule has 1 fully saturated rings. The second-order valence-corrected chi connectivity index (χ2v) is 7.31. The van der Waals surface area contributed by atoms with Gasteiger partial charge in [-0.05, 0) is 17.9 Å². The van der Waals surface area contributed by atoms with Gasteiger partial charge in [-0.3, -0.25) is 0 Å². The maximum Gasteiger partial charge on any atom is 0.194 e. The molecular formula is C16H22F3N3O4S. The van der Waals surface area contributed by atoms with Gasteiger partial charge in [0.25, 0.3) is 0 Å². The van der Waals surface area contributed by atoms with Crippen LogP contribution in [-0.4, -0.2) is 62.5 Å². The maximum absolute atomic E-state index is 13.4. The SMILES string of the molecule is CCSC1OC(CO)C(O)C(N(N)/C=C(\N)c2cc(F)c(F)c(F)c2)C1O. The molecule has 0 amide bonds. The van der Waals surface area contributed by atoms with Crippen LogP contribution >= 0.6 is 11.8 Å². The minimum absolute atomic E-state index is 0.170.